The maximum Gasteiger partial charge on any atom is 0.222 e. The van der Waals surface area contributed by atoms with Crippen molar-refractivity contribution in [3.63, 3.8) is 0 Å². The number of aryl methyl sites for hydroxylation is 1. The van der Waals surface area contributed by atoms with Gasteiger partial charge in [0.1, 0.15) is 12.1 Å². The van der Waals surface area contributed by atoms with Gasteiger partial charge in [0.15, 0.2) is 0 Å². The second-order valence-corrected chi connectivity index (χ2v) is 3.45. The molecule has 4 heteroatoms. The number of benzene rings is 1. The van der Waals surface area contributed by atoms with E-state index in [9.17, 15) is 0 Å². The maximum absolute atomic E-state index is 5.60. The van der Waals surface area contributed by atoms with E-state index in [1.165, 1.54) is 6.33 Å². The lowest BCUT2D eigenvalue weighted by atomic mass is 10.2. The second kappa shape index (κ2) is 4.72. The van der Waals surface area contributed by atoms with Gasteiger partial charge in [-0.2, -0.15) is 0 Å². The van der Waals surface area contributed by atoms with Crippen LogP contribution in [-0.4, -0.2) is 9.97 Å². The molecule has 0 saturated heterocycles. The SMILES string of the molecule is Cc1cc(Oc2cccc(CN)c2)ncn1. The van der Waals surface area contributed by atoms with E-state index in [1.807, 2.05) is 31.2 Å². The zero-order valence-electron chi connectivity index (χ0n) is 9.05. The highest BCUT2D eigenvalue weighted by atomic mass is 16.5. The second-order valence-electron chi connectivity index (χ2n) is 3.45. The Kier molecular flexibility index (Phi) is 3.12. The summed E-state index contributed by atoms with van der Waals surface area (Å²) in [7, 11) is 0. The molecule has 1 aromatic heterocycles. The Bertz CT molecular complexity index is 485. The fraction of sp³-hybridized carbons (Fsp3) is 0.167. The Hall–Kier alpha value is -1.94. The van der Waals surface area contributed by atoms with Crippen LogP contribution in [0.3, 0.4) is 0 Å². The minimum atomic E-state index is 0.500. The van der Waals surface area contributed by atoms with Gasteiger partial charge in [0.25, 0.3) is 0 Å². The Morgan fingerprint density at radius 3 is 2.88 bits per heavy atom. The smallest absolute Gasteiger partial charge is 0.222 e. The molecule has 1 heterocycles. The van der Waals surface area contributed by atoms with Crippen LogP contribution in [0.2, 0.25) is 0 Å². The molecule has 82 valence electrons. The number of nitrogens with two attached hydrogens (primary N) is 1. The van der Waals surface area contributed by atoms with E-state index in [0.717, 1.165) is 17.0 Å². The van der Waals surface area contributed by atoms with Gasteiger partial charge >= 0.3 is 0 Å². The molecule has 0 bridgehead atoms. The highest BCUT2D eigenvalue weighted by molar-refractivity contribution is 5.31. The van der Waals surface area contributed by atoms with Crippen LogP contribution < -0.4 is 10.5 Å². The van der Waals surface area contributed by atoms with Gasteiger partial charge in [0, 0.05) is 18.3 Å². The molecule has 0 unspecified atom stereocenters. The molecule has 2 N–H and O–H groups in total. The summed E-state index contributed by atoms with van der Waals surface area (Å²) in [5.74, 6) is 1.28. The van der Waals surface area contributed by atoms with Crippen molar-refractivity contribution in [3.8, 4) is 11.6 Å². The molecule has 16 heavy (non-hydrogen) atoms. The lowest BCUT2D eigenvalue weighted by Crippen LogP contribution is -1.96. The van der Waals surface area contributed by atoms with E-state index in [0.29, 0.717) is 12.4 Å². The topological polar surface area (TPSA) is 61.0 Å². The molecule has 1 aromatic carbocycles. The standard InChI is InChI=1S/C12H13N3O/c1-9-5-12(15-8-14-9)16-11-4-2-3-10(6-11)7-13/h2-6,8H,7,13H2,1H3. The van der Waals surface area contributed by atoms with Crippen molar-refractivity contribution in [3.05, 3.63) is 47.9 Å². The highest BCUT2D eigenvalue weighted by Gasteiger charge is 2.00. The van der Waals surface area contributed by atoms with Crippen molar-refractivity contribution in [1.29, 1.82) is 0 Å². The predicted octanol–water partition coefficient (Wildman–Crippen LogP) is 2.04. The molecule has 0 aliphatic heterocycles. The van der Waals surface area contributed by atoms with Gasteiger partial charge in [0.2, 0.25) is 5.88 Å². The van der Waals surface area contributed by atoms with E-state index in [4.69, 9.17) is 10.5 Å². The lowest BCUT2D eigenvalue weighted by Gasteiger charge is -2.05. The number of hydrogen-bond donors (Lipinski definition) is 1. The van der Waals surface area contributed by atoms with Gasteiger partial charge in [-0.3, -0.25) is 0 Å². The first-order valence-corrected chi connectivity index (χ1v) is 5.03. The minimum Gasteiger partial charge on any atom is -0.439 e. The molecule has 2 aromatic rings. The number of nitrogens with zero attached hydrogens (tertiary/aromatic N) is 2. The molecule has 0 aliphatic rings. The van der Waals surface area contributed by atoms with Crippen LogP contribution in [0.15, 0.2) is 36.7 Å². The van der Waals surface area contributed by atoms with Gasteiger partial charge in [-0.05, 0) is 24.6 Å². The summed E-state index contributed by atoms with van der Waals surface area (Å²) in [5, 5.41) is 0. The van der Waals surface area contributed by atoms with Crippen molar-refractivity contribution in [2.45, 2.75) is 13.5 Å². The van der Waals surface area contributed by atoms with Crippen molar-refractivity contribution in [2.75, 3.05) is 0 Å². The van der Waals surface area contributed by atoms with Crippen LogP contribution in [0.5, 0.6) is 11.6 Å². The fourth-order valence-electron chi connectivity index (χ4n) is 1.34. The van der Waals surface area contributed by atoms with Gasteiger partial charge in [-0.15, -0.1) is 0 Å². The summed E-state index contributed by atoms with van der Waals surface area (Å²) in [4.78, 5) is 8.03. The van der Waals surface area contributed by atoms with E-state index in [-0.39, 0.29) is 0 Å². The number of hydrogen-bond acceptors (Lipinski definition) is 4. The Morgan fingerprint density at radius 2 is 2.12 bits per heavy atom. The maximum atomic E-state index is 5.60. The molecular formula is C12H13N3O. The van der Waals surface area contributed by atoms with E-state index in [1.54, 1.807) is 6.07 Å². The van der Waals surface area contributed by atoms with Crippen LogP contribution in [0.25, 0.3) is 0 Å². The molecule has 4 nitrogen and oxygen atoms in total. The summed E-state index contributed by atoms with van der Waals surface area (Å²) in [5.41, 5.74) is 7.46. The first kappa shape index (κ1) is 10.6. The molecule has 0 fully saturated rings. The van der Waals surface area contributed by atoms with Crippen LogP contribution in [0.4, 0.5) is 0 Å². The molecule has 0 saturated carbocycles. The molecular weight excluding hydrogens is 202 g/mol. The van der Waals surface area contributed by atoms with Gasteiger partial charge in [-0.25, -0.2) is 9.97 Å². The van der Waals surface area contributed by atoms with Crippen LogP contribution >= 0.6 is 0 Å². The van der Waals surface area contributed by atoms with Crippen LogP contribution in [-0.2, 0) is 6.54 Å². The Balaban J connectivity index is 2.20. The van der Waals surface area contributed by atoms with Crippen LogP contribution in [0, 0.1) is 6.92 Å². The third-order valence-corrected chi connectivity index (χ3v) is 2.14. The van der Waals surface area contributed by atoms with Crippen molar-refractivity contribution in [1.82, 2.24) is 9.97 Å². The summed E-state index contributed by atoms with van der Waals surface area (Å²) >= 11 is 0. The Morgan fingerprint density at radius 1 is 1.25 bits per heavy atom. The zero-order chi connectivity index (χ0) is 11.4. The average Bonchev–Trinajstić information content (AvgIpc) is 2.29. The normalized spacial score (nSPS) is 10.1. The molecule has 0 atom stereocenters. The summed E-state index contributed by atoms with van der Waals surface area (Å²) in [6, 6.07) is 9.42. The minimum absolute atomic E-state index is 0.500. The molecule has 0 spiro atoms. The monoisotopic (exact) mass is 215 g/mol. The zero-order valence-corrected chi connectivity index (χ0v) is 9.05. The highest BCUT2D eigenvalue weighted by Crippen LogP contribution is 2.20. The van der Waals surface area contributed by atoms with Crippen molar-refractivity contribution in [2.24, 2.45) is 5.73 Å². The third-order valence-electron chi connectivity index (χ3n) is 2.14. The van der Waals surface area contributed by atoms with Crippen molar-refractivity contribution < 1.29 is 4.74 Å². The summed E-state index contributed by atoms with van der Waals surface area (Å²) in [6.45, 7) is 2.39. The quantitative estimate of drug-likeness (QED) is 0.851. The number of ether oxygens (including phenoxy) is 1. The number of rotatable bonds is 3. The van der Waals surface area contributed by atoms with E-state index < -0.39 is 0 Å². The fourth-order valence-corrected chi connectivity index (χ4v) is 1.34. The molecule has 0 amide bonds. The first-order valence-electron chi connectivity index (χ1n) is 5.03. The molecule has 0 aliphatic carbocycles. The predicted molar refractivity (Wildman–Crippen MR) is 61.2 cm³/mol. The van der Waals surface area contributed by atoms with Crippen LogP contribution in [0.1, 0.15) is 11.3 Å². The van der Waals surface area contributed by atoms with Crippen molar-refractivity contribution >= 4 is 0 Å². The third kappa shape index (κ3) is 2.55. The molecule has 2 rings (SSSR count). The van der Waals surface area contributed by atoms with E-state index in [2.05, 4.69) is 9.97 Å². The molecule has 0 radical (unpaired) electrons. The average molecular weight is 215 g/mol. The van der Waals surface area contributed by atoms with Gasteiger partial charge in [-0.1, -0.05) is 12.1 Å². The first-order chi connectivity index (χ1) is 7.78. The van der Waals surface area contributed by atoms with E-state index >= 15 is 0 Å². The van der Waals surface area contributed by atoms with Gasteiger partial charge in [0.05, 0.1) is 0 Å². The largest absolute Gasteiger partial charge is 0.439 e. The Labute approximate surface area is 94.1 Å². The van der Waals surface area contributed by atoms with Gasteiger partial charge < -0.3 is 10.5 Å². The lowest BCUT2D eigenvalue weighted by molar-refractivity contribution is 0.460. The summed E-state index contributed by atoms with van der Waals surface area (Å²) < 4.78 is 5.60. The summed E-state index contributed by atoms with van der Waals surface area (Å²) in [6.07, 6.45) is 1.48. The number of aromatic nitrogens is 2.